The first-order chi connectivity index (χ1) is 17.0. The second-order valence-electron chi connectivity index (χ2n) is 9.22. The number of aromatic nitrogens is 2. The zero-order valence-electron chi connectivity index (χ0n) is 20.3. The molecule has 3 aromatic carbocycles. The maximum absolute atomic E-state index is 13.8. The van der Waals surface area contributed by atoms with Crippen LogP contribution in [0.4, 0.5) is 13.2 Å². The first-order valence-corrected chi connectivity index (χ1v) is 11.7. The van der Waals surface area contributed by atoms with Crippen LogP contribution in [0.15, 0.2) is 79.0 Å². The van der Waals surface area contributed by atoms with Crippen LogP contribution in [-0.2, 0) is 11.8 Å². The van der Waals surface area contributed by atoms with Gasteiger partial charge in [0.05, 0.1) is 11.3 Å². The first-order valence-electron chi connectivity index (χ1n) is 11.7. The van der Waals surface area contributed by atoms with Crippen LogP contribution in [0.25, 0.3) is 28.2 Å². The summed E-state index contributed by atoms with van der Waals surface area (Å²) in [5.74, 6) is 0.168. The Morgan fingerprint density at radius 1 is 0.944 bits per heavy atom. The lowest BCUT2D eigenvalue weighted by atomic mass is 9.99. The Morgan fingerprint density at radius 2 is 1.64 bits per heavy atom. The minimum absolute atomic E-state index is 0.0771. The van der Waals surface area contributed by atoms with E-state index in [4.69, 9.17) is 0 Å². The second-order valence-corrected chi connectivity index (χ2v) is 9.22. The van der Waals surface area contributed by atoms with E-state index < -0.39 is 17.3 Å². The van der Waals surface area contributed by atoms with Gasteiger partial charge in [-0.25, -0.2) is 4.98 Å². The highest BCUT2D eigenvalue weighted by Crippen LogP contribution is 2.38. The molecule has 0 saturated heterocycles. The molecule has 1 aromatic heterocycles. The number of nitrogens with zero attached hydrogens (tertiary/aromatic N) is 2. The summed E-state index contributed by atoms with van der Waals surface area (Å²) >= 11 is 0. The van der Waals surface area contributed by atoms with Gasteiger partial charge in [-0.1, -0.05) is 55.5 Å². The van der Waals surface area contributed by atoms with Crippen LogP contribution in [0, 0.1) is 0 Å². The number of aliphatic hydroxyl groups is 1. The van der Waals surface area contributed by atoms with E-state index in [9.17, 15) is 23.1 Å². The van der Waals surface area contributed by atoms with E-state index in [0.29, 0.717) is 17.7 Å². The van der Waals surface area contributed by atoms with Crippen molar-refractivity contribution in [2.24, 2.45) is 0 Å². The Morgan fingerprint density at radius 3 is 2.28 bits per heavy atom. The molecule has 1 heterocycles. The van der Waals surface area contributed by atoms with Crippen LogP contribution >= 0.6 is 0 Å². The summed E-state index contributed by atoms with van der Waals surface area (Å²) in [7, 11) is 0. The Balaban J connectivity index is 1.79. The van der Waals surface area contributed by atoms with Gasteiger partial charge in [-0.15, -0.1) is 0 Å². The third kappa shape index (κ3) is 5.26. The fourth-order valence-electron chi connectivity index (χ4n) is 4.05. The molecule has 0 atom stereocenters. The minimum Gasteiger partial charge on any atom is -0.384 e. The lowest BCUT2D eigenvalue weighted by molar-refractivity contribution is -0.137. The molecule has 4 aromatic rings. The molecule has 0 spiro atoms. The molecular formula is C29H27F3N2O2. The molecule has 0 aliphatic rings. The number of halogens is 3. The number of Topliss-reactive ketones (excluding diaryl/α,β-unsaturated/α-hetero) is 1. The Kier molecular flexibility index (Phi) is 6.87. The number of carbonyl (C=O) groups is 1. The summed E-state index contributed by atoms with van der Waals surface area (Å²) in [5, 5.41) is 10.5. The molecule has 7 heteroatoms. The summed E-state index contributed by atoms with van der Waals surface area (Å²) in [6.45, 7) is 5.03. The number of imidazole rings is 1. The van der Waals surface area contributed by atoms with Crippen LogP contribution in [0.1, 0.15) is 55.2 Å². The lowest BCUT2D eigenvalue weighted by Crippen LogP contribution is -2.15. The molecule has 4 rings (SSSR count). The Labute approximate surface area is 208 Å². The SMILES string of the molecule is CCCC(=O)c1cccc(-c2ccc(-n3cc(C(C)(C)O)nc3-c3ccccc3C(F)(F)F)cc2)c1. The molecule has 0 aliphatic heterocycles. The molecule has 0 fully saturated rings. The maximum Gasteiger partial charge on any atom is 0.417 e. The van der Waals surface area contributed by atoms with Gasteiger partial charge >= 0.3 is 6.18 Å². The molecule has 1 N–H and O–H groups in total. The average molecular weight is 493 g/mol. The topological polar surface area (TPSA) is 55.1 Å². The smallest absolute Gasteiger partial charge is 0.384 e. The fourth-order valence-corrected chi connectivity index (χ4v) is 4.05. The van der Waals surface area contributed by atoms with Crippen molar-refractivity contribution in [3.63, 3.8) is 0 Å². The molecule has 0 radical (unpaired) electrons. The number of benzene rings is 3. The summed E-state index contributed by atoms with van der Waals surface area (Å²) in [4.78, 5) is 16.7. The highest BCUT2D eigenvalue weighted by molar-refractivity contribution is 5.97. The lowest BCUT2D eigenvalue weighted by Gasteiger charge is -2.14. The van der Waals surface area contributed by atoms with Gasteiger partial charge in [0.1, 0.15) is 11.4 Å². The quantitative estimate of drug-likeness (QED) is 0.273. The van der Waals surface area contributed by atoms with E-state index in [1.54, 1.807) is 29.0 Å². The van der Waals surface area contributed by atoms with Gasteiger partial charge in [0.2, 0.25) is 0 Å². The standard InChI is InChI=1S/C29H27F3N2O2/c1-4-8-25(35)21-10-7-9-20(17-21)19-13-15-22(16-14-19)34-18-26(28(2,3)36)33-27(34)23-11-5-6-12-24(23)29(30,31)32/h5-7,9-18,36H,4,8H2,1-3H3. The normalized spacial score (nSPS) is 12.1. The number of ketones is 1. The minimum atomic E-state index is -4.56. The van der Waals surface area contributed by atoms with Gasteiger partial charge in [-0.2, -0.15) is 13.2 Å². The maximum atomic E-state index is 13.8. The number of hydrogen-bond acceptors (Lipinski definition) is 3. The van der Waals surface area contributed by atoms with Gasteiger partial charge in [-0.05, 0) is 55.7 Å². The highest BCUT2D eigenvalue weighted by atomic mass is 19.4. The van der Waals surface area contributed by atoms with Crippen LogP contribution in [0.3, 0.4) is 0 Å². The van der Waals surface area contributed by atoms with Crippen LogP contribution in [-0.4, -0.2) is 20.4 Å². The summed E-state index contributed by atoms with van der Waals surface area (Å²) in [6.07, 6.45) is -1.75. The zero-order valence-corrected chi connectivity index (χ0v) is 20.3. The summed E-state index contributed by atoms with van der Waals surface area (Å²) in [5.41, 5.74) is 0.995. The molecule has 0 unspecified atom stereocenters. The number of alkyl halides is 3. The van der Waals surface area contributed by atoms with E-state index in [1.165, 1.54) is 32.0 Å². The zero-order chi connectivity index (χ0) is 26.1. The summed E-state index contributed by atoms with van der Waals surface area (Å²) < 4.78 is 42.9. The molecule has 186 valence electrons. The average Bonchev–Trinajstić information content (AvgIpc) is 3.30. The van der Waals surface area contributed by atoms with E-state index in [1.807, 2.05) is 37.3 Å². The molecule has 0 aliphatic carbocycles. The fraction of sp³-hybridized carbons (Fsp3) is 0.241. The highest BCUT2D eigenvalue weighted by Gasteiger charge is 2.35. The van der Waals surface area contributed by atoms with Crippen molar-refractivity contribution in [1.29, 1.82) is 0 Å². The van der Waals surface area contributed by atoms with E-state index >= 15 is 0 Å². The monoisotopic (exact) mass is 492 g/mol. The molecule has 0 bridgehead atoms. The Hall–Kier alpha value is -3.71. The molecule has 4 nitrogen and oxygen atoms in total. The third-order valence-electron chi connectivity index (χ3n) is 5.95. The number of carbonyl (C=O) groups excluding carboxylic acids is 1. The van der Waals surface area contributed by atoms with Crippen molar-refractivity contribution < 1.29 is 23.1 Å². The van der Waals surface area contributed by atoms with Gasteiger partial charge in [-0.3, -0.25) is 9.36 Å². The Bertz CT molecular complexity index is 1380. The number of hydrogen-bond donors (Lipinski definition) is 1. The van der Waals surface area contributed by atoms with Gasteiger partial charge in [0.15, 0.2) is 5.78 Å². The number of rotatable bonds is 7. The van der Waals surface area contributed by atoms with Gasteiger partial charge in [0.25, 0.3) is 0 Å². The van der Waals surface area contributed by atoms with E-state index in [0.717, 1.165) is 23.6 Å². The van der Waals surface area contributed by atoms with E-state index in [-0.39, 0.29) is 22.9 Å². The van der Waals surface area contributed by atoms with Crippen molar-refractivity contribution in [2.45, 2.75) is 45.4 Å². The molecule has 0 amide bonds. The van der Waals surface area contributed by atoms with Crippen molar-refractivity contribution >= 4 is 5.78 Å². The van der Waals surface area contributed by atoms with E-state index in [2.05, 4.69) is 4.98 Å². The largest absolute Gasteiger partial charge is 0.417 e. The van der Waals surface area contributed by atoms with Crippen LogP contribution in [0.5, 0.6) is 0 Å². The third-order valence-corrected chi connectivity index (χ3v) is 5.95. The van der Waals surface area contributed by atoms with Gasteiger partial charge < -0.3 is 5.11 Å². The summed E-state index contributed by atoms with van der Waals surface area (Å²) in [6, 6.07) is 19.9. The van der Waals surface area contributed by atoms with Crippen molar-refractivity contribution in [2.75, 3.05) is 0 Å². The van der Waals surface area contributed by atoms with Crippen LogP contribution < -0.4 is 0 Å². The predicted molar refractivity (Wildman–Crippen MR) is 134 cm³/mol. The molecule has 0 saturated carbocycles. The predicted octanol–water partition coefficient (Wildman–Crippen LogP) is 7.44. The van der Waals surface area contributed by atoms with Crippen molar-refractivity contribution in [3.8, 4) is 28.2 Å². The van der Waals surface area contributed by atoms with Gasteiger partial charge in [0, 0.05) is 29.4 Å². The second kappa shape index (κ2) is 9.74. The van der Waals surface area contributed by atoms with Crippen LogP contribution in [0.2, 0.25) is 0 Å². The first kappa shape index (κ1) is 25.4. The molecular weight excluding hydrogens is 465 g/mol. The van der Waals surface area contributed by atoms with Crippen molar-refractivity contribution in [3.05, 3.63) is 95.8 Å². The van der Waals surface area contributed by atoms with Crippen molar-refractivity contribution in [1.82, 2.24) is 9.55 Å². The molecule has 36 heavy (non-hydrogen) atoms.